The van der Waals surface area contributed by atoms with Gasteiger partial charge in [0.25, 0.3) is 0 Å². The summed E-state index contributed by atoms with van der Waals surface area (Å²) in [6.45, 7) is 3.57. The number of hydrogen-bond donors (Lipinski definition) is 3. The highest BCUT2D eigenvalue weighted by Crippen LogP contribution is 2.28. The molecule has 3 N–H and O–H groups in total. The van der Waals surface area contributed by atoms with Crippen molar-refractivity contribution in [2.45, 2.75) is 37.3 Å². The number of aliphatic hydroxyl groups is 1. The zero-order valence-electron chi connectivity index (χ0n) is 6.58. The highest BCUT2D eigenvalue weighted by Gasteiger charge is 2.29. The summed E-state index contributed by atoms with van der Waals surface area (Å²) in [6.07, 6.45) is 4.59. The summed E-state index contributed by atoms with van der Waals surface area (Å²) in [4.78, 5) is 0. The van der Waals surface area contributed by atoms with Crippen LogP contribution in [0.4, 0.5) is 0 Å². The van der Waals surface area contributed by atoms with Gasteiger partial charge in [-0.2, -0.15) is 0 Å². The second kappa shape index (κ2) is 3.34. The number of hydrogen-bond acceptors (Lipinski definition) is 3. The molecule has 0 spiro atoms. The Bertz CT molecular complexity index is 139. The Morgan fingerprint density at radius 3 is 2.36 bits per heavy atom. The molecule has 0 radical (unpaired) electrons. The summed E-state index contributed by atoms with van der Waals surface area (Å²) in [5.74, 6) is 0. The second-order valence-corrected chi connectivity index (χ2v) is 3.21. The minimum absolute atomic E-state index is 0.148. The van der Waals surface area contributed by atoms with Crippen LogP contribution < -0.4 is 5.48 Å². The quantitative estimate of drug-likeness (QED) is 0.411. The molecular formula is C8H15NO2. The van der Waals surface area contributed by atoms with Gasteiger partial charge in [0, 0.05) is 6.04 Å². The van der Waals surface area contributed by atoms with Crippen molar-refractivity contribution in [1.82, 2.24) is 5.48 Å². The first-order valence-electron chi connectivity index (χ1n) is 3.96. The molecule has 0 bridgehead atoms. The molecule has 64 valence electrons. The predicted molar refractivity (Wildman–Crippen MR) is 42.3 cm³/mol. The lowest BCUT2D eigenvalue weighted by Crippen LogP contribution is -2.38. The zero-order valence-corrected chi connectivity index (χ0v) is 6.58. The molecule has 1 saturated carbocycles. The van der Waals surface area contributed by atoms with E-state index >= 15 is 0 Å². The first kappa shape index (κ1) is 8.71. The standard InChI is InChI=1S/C8H15NO2/c1-2-8(10)5-3-7(9-11)4-6-8/h2,7,9-11H,1,3-6H2. The summed E-state index contributed by atoms with van der Waals surface area (Å²) in [5, 5.41) is 18.2. The SMILES string of the molecule is C=CC1(O)CCC(NO)CC1. The Balaban J connectivity index is 2.41. The molecule has 0 unspecified atom stereocenters. The van der Waals surface area contributed by atoms with Gasteiger partial charge in [0.05, 0.1) is 5.60 Å². The molecule has 1 aliphatic carbocycles. The van der Waals surface area contributed by atoms with Gasteiger partial charge in [-0.15, -0.1) is 6.58 Å². The molecule has 0 amide bonds. The first-order chi connectivity index (χ1) is 5.20. The van der Waals surface area contributed by atoms with Crippen LogP contribution in [0.1, 0.15) is 25.7 Å². The molecule has 3 nitrogen and oxygen atoms in total. The van der Waals surface area contributed by atoms with Crippen LogP contribution >= 0.6 is 0 Å². The molecule has 0 aliphatic heterocycles. The molecule has 0 aromatic rings. The smallest absolute Gasteiger partial charge is 0.0826 e. The van der Waals surface area contributed by atoms with Crippen LogP contribution in [0.5, 0.6) is 0 Å². The van der Waals surface area contributed by atoms with E-state index in [1.807, 2.05) is 0 Å². The van der Waals surface area contributed by atoms with Crippen molar-refractivity contribution in [3.05, 3.63) is 12.7 Å². The molecule has 0 atom stereocenters. The van der Waals surface area contributed by atoms with Crippen molar-refractivity contribution >= 4 is 0 Å². The third-order valence-electron chi connectivity index (χ3n) is 2.41. The fraction of sp³-hybridized carbons (Fsp3) is 0.750. The van der Waals surface area contributed by atoms with Gasteiger partial charge >= 0.3 is 0 Å². The van der Waals surface area contributed by atoms with Crippen molar-refractivity contribution in [1.29, 1.82) is 0 Å². The Kier molecular flexibility index (Phi) is 2.65. The number of rotatable bonds is 2. The Morgan fingerprint density at radius 1 is 1.45 bits per heavy atom. The Labute approximate surface area is 66.7 Å². The van der Waals surface area contributed by atoms with Gasteiger partial charge in [0.1, 0.15) is 0 Å². The number of hydroxylamine groups is 1. The zero-order chi connectivity index (χ0) is 8.32. The van der Waals surface area contributed by atoms with Crippen molar-refractivity contribution in [2.24, 2.45) is 0 Å². The van der Waals surface area contributed by atoms with E-state index < -0.39 is 5.60 Å². The van der Waals surface area contributed by atoms with Gasteiger partial charge in [0.15, 0.2) is 0 Å². The molecule has 1 fully saturated rings. The van der Waals surface area contributed by atoms with E-state index in [0.29, 0.717) is 12.8 Å². The van der Waals surface area contributed by atoms with Crippen LogP contribution in [-0.2, 0) is 0 Å². The third kappa shape index (κ3) is 2.02. The average molecular weight is 157 g/mol. The maximum absolute atomic E-state index is 9.67. The maximum Gasteiger partial charge on any atom is 0.0826 e. The van der Waals surface area contributed by atoms with E-state index in [0.717, 1.165) is 12.8 Å². The lowest BCUT2D eigenvalue weighted by Gasteiger charge is -2.32. The normalized spacial score (nSPS) is 38.5. The van der Waals surface area contributed by atoms with Crippen molar-refractivity contribution in [3.63, 3.8) is 0 Å². The van der Waals surface area contributed by atoms with E-state index in [-0.39, 0.29) is 6.04 Å². The summed E-state index contributed by atoms with van der Waals surface area (Å²) >= 11 is 0. The van der Waals surface area contributed by atoms with Gasteiger partial charge < -0.3 is 10.3 Å². The van der Waals surface area contributed by atoms with Gasteiger partial charge in [-0.05, 0) is 25.7 Å². The lowest BCUT2D eigenvalue weighted by molar-refractivity contribution is 0.0166. The molecule has 0 aromatic heterocycles. The van der Waals surface area contributed by atoms with Crippen molar-refractivity contribution in [3.8, 4) is 0 Å². The highest BCUT2D eigenvalue weighted by molar-refractivity contribution is 4.99. The average Bonchev–Trinajstić information content (AvgIpc) is 2.06. The van der Waals surface area contributed by atoms with Gasteiger partial charge in [-0.1, -0.05) is 6.08 Å². The fourth-order valence-corrected chi connectivity index (χ4v) is 1.45. The minimum atomic E-state index is -0.687. The summed E-state index contributed by atoms with van der Waals surface area (Å²) in [5.41, 5.74) is 1.53. The van der Waals surface area contributed by atoms with E-state index in [4.69, 9.17) is 5.21 Å². The second-order valence-electron chi connectivity index (χ2n) is 3.21. The third-order valence-corrected chi connectivity index (χ3v) is 2.41. The largest absolute Gasteiger partial charge is 0.386 e. The first-order valence-corrected chi connectivity index (χ1v) is 3.96. The van der Waals surface area contributed by atoms with E-state index in [9.17, 15) is 5.11 Å². The van der Waals surface area contributed by atoms with Gasteiger partial charge in [-0.25, -0.2) is 5.48 Å². The highest BCUT2D eigenvalue weighted by atomic mass is 16.5. The molecule has 1 rings (SSSR count). The van der Waals surface area contributed by atoms with Crippen molar-refractivity contribution < 1.29 is 10.3 Å². The van der Waals surface area contributed by atoms with Gasteiger partial charge in [-0.3, -0.25) is 0 Å². The topological polar surface area (TPSA) is 52.5 Å². The van der Waals surface area contributed by atoms with Crippen LogP contribution in [0.2, 0.25) is 0 Å². The van der Waals surface area contributed by atoms with Crippen LogP contribution in [0.25, 0.3) is 0 Å². The maximum atomic E-state index is 9.67. The van der Waals surface area contributed by atoms with E-state index in [1.165, 1.54) is 0 Å². The Morgan fingerprint density at radius 2 is 2.00 bits per heavy atom. The summed E-state index contributed by atoms with van der Waals surface area (Å²) in [7, 11) is 0. The van der Waals surface area contributed by atoms with Crippen LogP contribution in [0.15, 0.2) is 12.7 Å². The van der Waals surface area contributed by atoms with E-state index in [1.54, 1.807) is 6.08 Å². The molecule has 0 saturated heterocycles. The van der Waals surface area contributed by atoms with Crippen LogP contribution in [-0.4, -0.2) is 22.0 Å². The number of nitrogens with one attached hydrogen (secondary N) is 1. The molecule has 3 heteroatoms. The van der Waals surface area contributed by atoms with Crippen LogP contribution in [0, 0.1) is 0 Å². The molecule has 0 heterocycles. The summed E-state index contributed by atoms with van der Waals surface area (Å²) < 4.78 is 0. The molecular weight excluding hydrogens is 142 g/mol. The molecule has 11 heavy (non-hydrogen) atoms. The predicted octanol–water partition coefficient (Wildman–Crippen LogP) is 0.825. The lowest BCUT2D eigenvalue weighted by atomic mass is 9.83. The fourth-order valence-electron chi connectivity index (χ4n) is 1.45. The summed E-state index contributed by atoms with van der Waals surface area (Å²) in [6, 6.07) is 0.148. The Hall–Kier alpha value is -0.380. The molecule has 0 aromatic carbocycles. The van der Waals surface area contributed by atoms with Crippen LogP contribution in [0.3, 0.4) is 0 Å². The van der Waals surface area contributed by atoms with Gasteiger partial charge in [0.2, 0.25) is 0 Å². The molecule has 1 aliphatic rings. The van der Waals surface area contributed by atoms with E-state index in [2.05, 4.69) is 12.1 Å². The minimum Gasteiger partial charge on any atom is -0.386 e. The van der Waals surface area contributed by atoms with Crippen molar-refractivity contribution in [2.75, 3.05) is 0 Å². The monoisotopic (exact) mass is 157 g/mol.